The summed E-state index contributed by atoms with van der Waals surface area (Å²) in [6, 6.07) is 13.2. The van der Waals surface area contributed by atoms with Crippen molar-refractivity contribution in [3.05, 3.63) is 59.9 Å². The Bertz CT molecular complexity index is 696. The molecule has 1 atom stereocenters. The topological polar surface area (TPSA) is 53.8 Å². The first-order valence-corrected chi connectivity index (χ1v) is 9.70. The van der Waals surface area contributed by atoms with E-state index in [0.29, 0.717) is 6.04 Å². The van der Waals surface area contributed by atoms with Gasteiger partial charge in [0.05, 0.1) is 19.3 Å². The highest BCUT2D eigenvalue weighted by molar-refractivity contribution is 14.0. The lowest BCUT2D eigenvalue weighted by atomic mass is 10.0. The van der Waals surface area contributed by atoms with E-state index in [1.807, 2.05) is 19.2 Å². The highest BCUT2D eigenvalue weighted by atomic mass is 127. The van der Waals surface area contributed by atoms with Crippen LogP contribution in [0.15, 0.2) is 53.8 Å². The highest BCUT2D eigenvalue weighted by Crippen LogP contribution is 2.21. The van der Waals surface area contributed by atoms with Gasteiger partial charge in [-0.15, -0.1) is 24.0 Å². The summed E-state index contributed by atoms with van der Waals surface area (Å²) in [5, 5.41) is 6.91. The number of nitrogens with zero attached hydrogens (tertiary/aromatic N) is 3. The average Bonchev–Trinajstić information content (AvgIpc) is 3.22. The van der Waals surface area contributed by atoms with Crippen molar-refractivity contribution in [1.29, 1.82) is 0 Å². The van der Waals surface area contributed by atoms with Gasteiger partial charge in [-0.25, -0.2) is 0 Å². The standard InChI is InChI=1S/C21H31N5O.HI/c1-18-5-7-19(8-6-18)20(26-13-15-27-16-14-26)17-24-21(22-2)23-9-12-25-10-3-4-11-25;/h3-8,10-11,20H,9,12-17H2,1-2H3,(H2,22,23,24);1H. The van der Waals surface area contributed by atoms with Crippen LogP contribution >= 0.6 is 24.0 Å². The zero-order chi connectivity index (χ0) is 18.9. The maximum atomic E-state index is 5.54. The lowest BCUT2D eigenvalue weighted by molar-refractivity contribution is 0.0170. The summed E-state index contributed by atoms with van der Waals surface area (Å²) in [5.74, 6) is 0.840. The molecule has 0 radical (unpaired) electrons. The van der Waals surface area contributed by atoms with Gasteiger partial charge in [0.2, 0.25) is 0 Å². The number of hydrogen-bond acceptors (Lipinski definition) is 3. The number of guanidine groups is 1. The second-order valence-electron chi connectivity index (χ2n) is 6.88. The molecule has 154 valence electrons. The van der Waals surface area contributed by atoms with Crippen molar-refractivity contribution in [1.82, 2.24) is 20.1 Å². The van der Waals surface area contributed by atoms with E-state index in [0.717, 1.165) is 51.9 Å². The molecule has 1 fully saturated rings. The normalized spacial score (nSPS) is 16.3. The summed E-state index contributed by atoms with van der Waals surface area (Å²) < 4.78 is 7.70. The van der Waals surface area contributed by atoms with Crippen LogP contribution in [-0.4, -0.2) is 61.9 Å². The monoisotopic (exact) mass is 497 g/mol. The number of halogens is 1. The molecule has 2 aromatic rings. The molecule has 28 heavy (non-hydrogen) atoms. The van der Waals surface area contributed by atoms with Gasteiger partial charge in [0.15, 0.2) is 5.96 Å². The first kappa shape index (κ1) is 22.7. The van der Waals surface area contributed by atoms with Crippen LogP contribution in [0.3, 0.4) is 0 Å². The molecule has 1 aromatic heterocycles. The van der Waals surface area contributed by atoms with Crippen molar-refractivity contribution in [3.63, 3.8) is 0 Å². The Morgan fingerprint density at radius 2 is 1.79 bits per heavy atom. The molecule has 1 unspecified atom stereocenters. The molecule has 1 aliphatic heterocycles. The van der Waals surface area contributed by atoms with Crippen LogP contribution in [0.4, 0.5) is 0 Å². The molecule has 3 rings (SSSR count). The minimum atomic E-state index is 0. The number of aromatic nitrogens is 1. The van der Waals surface area contributed by atoms with Gasteiger partial charge in [-0.05, 0) is 24.6 Å². The molecule has 0 spiro atoms. The first-order chi connectivity index (χ1) is 13.3. The van der Waals surface area contributed by atoms with Gasteiger partial charge in [0.25, 0.3) is 0 Å². The SMILES string of the molecule is CN=C(NCCn1cccc1)NCC(c1ccc(C)cc1)N1CCOCC1.I. The number of benzene rings is 1. The van der Waals surface area contributed by atoms with Gasteiger partial charge in [0.1, 0.15) is 0 Å². The smallest absolute Gasteiger partial charge is 0.191 e. The molecule has 2 heterocycles. The molecule has 1 aliphatic rings. The Balaban J connectivity index is 0.00000280. The summed E-state index contributed by atoms with van der Waals surface area (Å²) in [6.07, 6.45) is 4.15. The quantitative estimate of drug-likeness (QED) is 0.351. The lowest BCUT2D eigenvalue weighted by Gasteiger charge is -2.35. The Morgan fingerprint density at radius 1 is 1.11 bits per heavy atom. The number of rotatable bonds is 7. The van der Waals surface area contributed by atoms with Crippen molar-refractivity contribution in [2.24, 2.45) is 4.99 Å². The van der Waals surface area contributed by atoms with Gasteiger partial charge >= 0.3 is 0 Å². The van der Waals surface area contributed by atoms with Crippen molar-refractivity contribution in [2.75, 3.05) is 46.4 Å². The molecule has 1 saturated heterocycles. The third-order valence-electron chi connectivity index (χ3n) is 4.96. The van der Waals surface area contributed by atoms with E-state index >= 15 is 0 Å². The summed E-state index contributed by atoms with van der Waals surface area (Å²) in [5.41, 5.74) is 2.62. The maximum absolute atomic E-state index is 5.54. The van der Waals surface area contributed by atoms with E-state index in [1.165, 1.54) is 11.1 Å². The Kier molecular flexibility index (Phi) is 9.80. The molecular weight excluding hydrogens is 465 g/mol. The van der Waals surface area contributed by atoms with Gasteiger partial charge in [-0.3, -0.25) is 9.89 Å². The van der Waals surface area contributed by atoms with E-state index < -0.39 is 0 Å². The number of aryl methyl sites for hydroxylation is 1. The number of nitrogens with one attached hydrogen (secondary N) is 2. The zero-order valence-electron chi connectivity index (χ0n) is 16.8. The Hall–Kier alpha value is -1.58. The first-order valence-electron chi connectivity index (χ1n) is 9.70. The molecule has 0 bridgehead atoms. The number of ether oxygens (including phenoxy) is 1. The second kappa shape index (κ2) is 12.1. The van der Waals surface area contributed by atoms with Crippen molar-refractivity contribution >= 4 is 29.9 Å². The largest absolute Gasteiger partial charge is 0.379 e. The molecule has 0 amide bonds. The molecule has 6 nitrogen and oxygen atoms in total. The minimum absolute atomic E-state index is 0. The van der Waals surface area contributed by atoms with Crippen LogP contribution in [-0.2, 0) is 11.3 Å². The highest BCUT2D eigenvalue weighted by Gasteiger charge is 2.22. The number of hydrogen-bond donors (Lipinski definition) is 2. The maximum Gasteiger partial charge on any atom is 0.191 e. The van der Waals surface area contributed by atoms with Gasteiger partial charge in [0, 0.05) is 52.2 Å². The van der Waals surface area contributed by atoms with E-state index in [-0.39, 0.29) is 24.0 Å². The second-order valence-corrected chi connectivity index (χ2v) is 6.88. The molecule has 0 aliphatic carbocycles. The molecule has 7 heteroatoms. The molecule has 0 saturated carbocycles. The Labute approximate surface area is 185 Å². The fourth-order valence-electron chi connectivity index (χ4n) is 3.37. The zero-order valence-corrected chi connectivity index (χ0v) is 19.1. The third-order valence-corrected chi connectivity index (χ3v) is 4.96. The van der Waals surface area contributed by atoms with Crippen LogP contribution in [0.25, 0.3) is 0 Å². The molecule has 1 aromatic carbocycles. The van der Waals surface area contributed by atoms with E-state index in [2.05, 4.69) is 68.7 Å². The van der Waals surface area contributed by atoms with Crippen LogP contribution in [0.2, 0.25) is 0 Å². The average molecular weight is 497 g/mol. The third kappa shape index (κ3) is 6.79. The summed E-state index contributed by atoms with van der Waals surface area (Å²) in [6.45, 7) is 8.20. The van der Waals surface area contributed by atoms with Gasteiger partial charge in [-0.1, -0.05) is 29.8 Å². The predicted octanol–water partition coefficient (Wildman–Crippen LogP) is 2.65. The minimum Gasteiger partial charge on any atom is -0.379 e. The summed E-state index contributed by atoms with van der Waals surface area (Å²) >= 11 is 0. The van der Waals surface area contributed by atoms with Gasteiger partial charge < -0.3 is 19.9 Å². The fourth-order valence-corrected chi connectivity index (χ4v) is 3.37. The molecule has 2 N–H and O–H groups in total. The van der Waals surface area contributed by atoms with Crippen LogP contribution in [0.1, 0.15) is 17.2 Å². The Morgan fingerprint density at radius 3 is 2.43 bits per heavy atom. The van der Waals surface area contributed by atoms with E-state index in [9.17, 15) is 0 Å². The van der Waals surface area contributed by atoms with Gasteiger partial charge in [-0.2, -0.15) is 0 Å². The van der Waals surface area contributed by atoms with E-state index in [4.69, 9.17) is 4.74 Å². The van der Waals surface area contributed by atoms with Crippen molar-refractivity contribution in [2.45, 2.75) is 19.5 Å². The van der Waals surface area contributed by atoms with Crippen molar-refractivity contribution in [3.8, 4) is 0 Å². The lowest BCUT2D eigenvalue weighted by Crippen LogP contribution is -2.46. The molecular formula is C21H32IN5O. The number of morpholine rings is 1. The van der Waals surface area contributed by atoms with Crippen LogP contribution in [0.5, 0.6) is 0 Å². The summed E-state index contributed by atoms with van der Waals surface area (Å²) in [7, 11) is 1.82. The number of aliphatic imine (C=N–C) groups is 1. The van der Waals surface area contributed by atoms with Crippen molar-refractivity contribution < 1.29 is 4.74 Å². The van der Waals surface area contributed by atoms with E-state index in [1.54, 1.807) is 0 Å². The fraction of sp³-hybridized carbons (Fsp3) is 0.476. The van der Waals surface area contributed by atoms with Crippen LogP contribution < -0.4 is 10.6 Å². The van der Waals surface area contributed by atoms with Crippen LogP contribution in [0, 0.1) is 6.92 Å². The predicted molar refractivity (Wildman–Crippen MR) is 126 cm³/mol. The summed E-state index contributed by atoms with van der Waals surface area (Å²) in [4.78, 5) is 6.87.